The van der Waals surface area contributed by atoms with Crippen molar-refractivity contribution in [2.75, 3.05) is 25.0 Å². The molecule has 0 saturated carbocycles. The molecule has 1 aliphatic carbocycles. The Morgan fingerprint density at radius 1 is 1.10 bits per heavy atom. The van der Waals surface area contributed by atoms with Crippen LogP contribution in [0.3, 0.4) is 0 Å². The van der Waals surface area contributed by atoms with Gasteiger partial charge in [-0.1, -0.05) is 18.2 Å². The van der Waals surface area contributed by atoms with Gasteiger partial charge in [0.15, 0.2) is 0 Å². The number of sulfonamides is 1. The van der Waals surface area contributed by atoms with Crippen LogP contribution >= 0.6 is 0 Å². The fourth-order valence-corrected chi connectivity index (χ4v) is 5.83. The normalized spacial score (nSPS) is 16.1. The van der Waals surface area contributed by atoms with Crippen molar-refractivity contribution >= 4 is 32.5 Å². The van der Waals surface area contributed by atoms with Crippen LogP contribution in [-0.4, -0.2) is 43.8 Å². The van der Waals surface area contributed by atoms with E-state index in [0.717, 1.165) is 58.6 Å². The molecular weight excluding hydrogens is 398 g/mol. The van der Waals surface area contributed by atoms with Crippen LogP contribution in [0.15, 0.2) is 47.4 Å². The molecule has 2 aliphatic rings. The van der Waals surface area contributed by atoms with E-state index in [2.05, 4.69) is 4.98 Å². The SMILES string of the molecule is CN(CC(=O)N1CCc2ccccc21)S(=O)(=O)c1ccc2[nH]c3c(c2c1)CCCC3. The van der Waals surface area contributed by atoms with E-state index in [9.17, 15) is 13.2 Å². The summed E-state index contributed by atoms with van der Waals surface area (Å²) in [6, 6.07) is 13.0. The van der Waals surface area contributed by atoms with Crippen LogP contribution < -0.4 is 4.90 Å². The van der Waals surface area contributed by atoms with Crippen LogP contribution in [-0.2, 0) is 34.1 Å². The van der Waals surface area contributed by atoms with E-state index in [4.69, 9.17) is 0 Å². The lowest BCUT2D eigenvalue weighted by Gasteiger charge is -2.22. The zero-order valence-corrected chi connectivity index (χ0v) is 17.8. The highest BCUT2D eigenvalue weighted by Gasteiger charge is 2.29. The third-order valence-corrected chi connectivity index (χ3v) is 8.12. The number of carbonyl (C=O) groups excluding carboxylic acids is 1. The molecular formula is C23H25N3O3S. The Hall–Kier alpha value is -2.64. The maximum absolute atomic E-state index is 13.2. The van der Waals surface area contributed by atoms with Gasteiger partial charge in [0, 0.05) is 35.9 Å². The number of fused-ring (bicyclic) bond motifs is 4. The highest BCUT2D eigenvalue weighted by molar-refractivity contribution is 7.89. The zero-order chi connectivity index (χ0) is 20.9. The summed E-state index contributed by atoms with van der Waals surface area (Å²) in [6.07, 6.45) is 5.07. The van der Waals surface area contributed by atoms with Crippen LogP contribution in [0.25, 0.3) is 10.9 Å². The first-order valence-corrected chi connectivity index (χ1v) is 11.9. The minimum Gasteiger partial charge on any atom is -0.358 e. The number of aromatic nitrogens is 1. The molecule has 0 bridgehead atoms. The minimum atomic E-state index is -3.76. The van der Waals surface area contributed by atoms with Gasteiger partial charge in [-0.05, 0) is 67.5 Å². The molecule has 1 aromatic heterocycles. The first-order chi connectivity index (χ1) is 14.4. The highest BCUT2D eigenvalue weighted by Crippen LogP contribution is 2.32. The van der Waals surface area contributed by atoms with E-state index < -0.39 is 10.0 Å². The van der Waals surface area contributed by atoms with Gasteiger partial charge < -0.3 is 9.88 Å². The molecule has 156 valence electrons. The number of nitrogens with one attached hydrogen (secondary N) is 1. The molecule has 1 amide bonds. The Balaban J connectivity index is 1.40. The van der Waals surface area contributed by atoms with Crippen molar-refractivity contribution in [3.05, 3.63) is 59.3 Å². The molecule has 30 heavy (non-hydrogen) atoms. The fraction of sp³-hybridized carbons (Fsp3) is 0.348. The van der Waals surface area contributed by atoms with Gasteiger partial charge in [-0.15, -0.1) is 0 Å². The first kappa shape index (κ1) is 19.3. The number of aryl methyl sites for hydroxylation is 2. The van der Waals surface area contributed by atoms with Crippen LogP contribution in [0, 0.1) is 0 Å². The quantitative estimate of drug-likeness (QED) is 0.700. The first-order valence-electron chi connectivity index (χ1n) is 10.4. The molecule has 2 heterocycles. The molecule has 0 radical (unpaired) electrons. The van der Waals surface area contributed by atoms with Crippen molar-refractivity contribution in [2.24, 2.45) is 0 Å². The van der Waals surface area contributed by atoms with Gasteiger partial charge >= 0.3 is 0 Å². The van der Waals surface area contributed by atoms with Crippen LogP contribution in [0.4, 0.5) is 5.69 Å². The van der Waals surface area contributed by atoms with E-state index in [-0.39, 0.29) is 17.3 Å². The number of carbonyl (C=O) groups is 1. The number of anilines is 1. The van der Waals surface area contributed by atoms with Crippen molar-refractivity contribution in [1.82, 2.24) is 9.29 Å². The second-order valence-corrected chi connectivity index (χ2v) is 10.2. The second kappa shape index (κ2) is 7.25. The molecule has 2 aromatic carbocycles. The molecule has 3 aromatic rings. The maximum atomic E-state index is 13.2. The van der Waals surface area contributed by atoms with Crippen LogP contribution in [0.5, 0.6) is 0 Å². The predicted molar refractivity (Wildman–Crippen MR) is 117 cm³/mol. The molecule has 0 unspecified atom stereocenters. The smallest absolute Gasteiger partial charge is 0.243 e. The molecule has 0 fully saturated rings. The van der Waals surface area contributed by atoms with Gasteiger partial charge in [0.05, 0.1) is 11.4 Å². The largest absolute Gasteiger partial charge is 0.358 e. The Kier molecular flexibility index (Phi) is 4.67. The van der Waals surface area contributed by atoms with Crippen molar-refractivity contribution in [3.63, 3.8) is 0 Å². The number of hydrogen-bond acceptors (Lipinski definition) is 3. The number of para-hydroxylation sites is 1. The lowest BCUT2D eigenvalue weighted by atomic mass is 9.96. The summed E-state index contributed by atoms with van der Waals surface area (Å²) in [4.78, 5) is 18.2. The minimum absolute atomic E-state index is 0.181. The third kappa shape index (κ3) is 3.13. The highest BCUT2D eigenvalue weighted by atomic mass is 32.2. The number of likely N-dealkylation sites (N-methyl/N-ethyl adjacent to an activating group) is 1. The standard InChI is InChI=1S/C23H25N3O3S/c1-25(15-23(27)26-13-12-16-6-2-5-9-22(16)26)30(28,29)17-10-11-21-19(14-17)18-7-3-4-8-20(18)24-21/h2,5-6,9-11,14,24H,3-4,7-8,12-13,15H2,1H3. The van der Waals surface area contributed by atoms with Crippen molar-refractivity contribution in [1.29, 1.82) is 0 Å². The van der Waals surface area contributed by atoms with E-state index in [1.54, 1.807) is 17.0 Å². The van der Waals surface area contributed by atoms with E-state index >= 15 is 0 Å². The van der Waals surface area contributed by atoms with E-state index in [1.807, 2.05) is 30.3 Å². The van der Waals surface area contributed by atoms with Gasteiger partial charge in [0.25, 0.3) is 0 Å². The predicted octanol–water partition coefficient (Wildman–Crippen LogP) is 3.26. The summed E-state index contributed by atoms with van der Waals surface area (Å²) in [6.45, 7) is 0.410. The summed E-state index contributed by atoms with van der Waals surface area (Å²) >= 11 is 0. The molecule has 0 atom stereocenters. The Morgan fingerprint density at radius 3 is 2.77 bits per heavy atom. The lowest BCUT2D eigenvalue weighted by molar-refractivity contribution is -0.118. The van der Waals surface area contributed by atoms with Gasteiger partial charge in [0.2, 0.25) is 15.9 Å². The average Bonchev–Trinajstić information content (AvgIpc) is 3.34. The van der Waals surface area contributed by atoms with Gasteiger partial charge in [0.1, 0.15) is 0 Å². The van der Waals surface area contributed by atoms with E-state index in [1.165, 1.54) is 18.3 Å². The average molecular weight is 424 g/mol. The van der Waals surface area contributed by atoms with Gasteiger partial charge in [-0.25, -0.2) is 8.42 Å². The Labute approximate surface area is 176 Å². The monoisotopic (exact) mass is 423 g/mol. The topological polar surface area (TPSA) is 73.5 Å². The fourth-order valence-electron chi connectivity index (χ4n) is 4.68. The number of hydrogen-bond donors (Lipinski definition) is 1. The molecule has 7 heteroatoms. The van der Waals surface area contributed by atoms with Crippen molar-refractivity contribution in [3.8, 4) is 0 Å². The Morgan fingerprint density at radius 2 is 1.90 bits per heavy atom. The molecule has 0 saturated heterocycles. The summed E-state index contributed by atoms with van der Waals surface area (Å²) in [7, 11) is -2.29. The van der Waals surface area contributed by atoms with Crippen molar-refractivity contribution in [2.45, 2.75) is 37.0 Å². The van der Waals surface area contributed by atoms with Crippen LogP contribution in [0.2, 0.25) is 0 Å². The lowest BCUT2D eigenvalue weighted by Crippen LogP contribution is -2.40. The molecule has 6 nitrogen and oxygen atoms in total. The Bertz CT molecular complexity index is 1250. The van der Waals surface area contributed by atoms with Gasteiger partial charge in [-0.2, -0.15) is 4.31 Å². The summed E-state index contributed by atoms with van der Waals surface area (Å²) in [5, 5.41) is 0.985. The zero-order valence-electron chi connectivity index (χ0n) is 17.0. The number of rotatable bonds is 4. The van der Waals surface area contributed by atoms with E-state index in [0.29, 0.717) is 6.54 Å². The number of aromatic amines is 1. The summed E-state index contributed by atoms with van der Waals surface area (Å²) < 4.78 is 27.6. The number of amides is 1. The second-order valence-electron chi connectivity index (χ2n) is 8.18. The summed E-state index contributed by atoms with van der Waals surface area (Å²) in [5.41, 5.74) is 5.45. The van der Waals surface area contributed by atoms with Gasteiger partial charge in [-0.3, -0.25) is 4.79 Å². The summed E-state index contributed by atoms with van der Waals surface area (Å²) in [5.74, 6) is -0.203. The third-order valence-electron chi connectivity index (χ3n) is 6.32. The molecule has 5 rings (SSSR count). The maximum Gasteiger partial charge on any atom is 0.243 e. The number of H-pyrrole nitrogens is 1. The van der Waals surface area contributed by atoms with Crippen molar-refractivity contribution < 1.29 is 13.2 Å². The number of nitrogens with zero attached hydrogens (tertiary/aromatic N) is 2. The van der Waals surface area contributed by atoms with Crippen LogP contribution in [0.1, 0.15) is 29.7 Å². The molecule has 1 aliphatic heterocycles. The molecule has 0 spiro atoms. The number of benzene rings is 2. The molecule has 1 N–H and O–H groups in total.